The molecule has 0 saturated carbocycles. The van der Waals surface area contributed by atoms with Crippen LogP contribution in [-0.4, -0.2) is 41.5 Å². The highest BCUT2D eigenvalue weighted by molar-refractivity contribution is 5.78. The van der Waals surface area contributed by atoms with Crippen molar-refractivity contribution >= 4 is 11.9 Å². The van der Waals surface area contributed by atoms with Gasteiger partial charge in [0.05, 0.1) is 5.92 Å². The number of rotatable bonds is 6. The van der Waals surface area contributed by atoms with Gasteiger partial charge in [0, 0.05) is 19.5 Å². The number of carbonyl (C=O) groups excluding carboxylic acids is 1. The van der Waals surface area contributed by atoms with E-state index in [1.807, 2.05) is 0 Å². The topological polar surface area (TPSA) is 83.6 Å². The Bertz CT molecular complexity index is 256. The lowest BCUT2D eigenvalue weighted by molar-refractivity contribution is -0.141. The predicted molar refractivity (Wildman–Crippen MR) is 59.8 cm³/mol. The molecular formula is C11H20N2O3. The fourth-order valence-electron chi connectivity index (χ4n) is 1.94. The summed E-state index contributed by atoms with van der Waals surface area (Å²) in [6.07, 6.45) is 3.88. The molecular weight excluding hydrogens is 208 g/mol. The third kappa shape index (κ3) is 3.81. The smallest absolute Gasteiger partial charge is 0.308 e. The van der Waals surface area contributed by atoms with Crippen molar-refractivity contribution in [3.8, 4) is 0 Å². The zero-order valence-electron chi connectivity index (χ0n) is 9.52. The van der Waals surface area contributed by atoms with Gasteiger partial charge in [0.25, 0.3) is 0 Å². The Labute approximate surface area is 95.6 Å². The molecule has 5 heteroatoms. The molecule has 92 valence electrons. The number of nitrogens with zero attached hydrogens (tertiary/aromatic N) is 1. The molecule has 1 aliphatic rings. The lowest BCUT2D eigenvalue weighted by atomic mass is 10.1. The van der Waals surface area contributed by atoms with Crippen LogP contribution < -0.4 is 5.73 Å². The van der Waals surface area contributed by atoms with E-state index in [2.05, 4.69) is 0 Å². The second-order valence-corrected chi connectivity index (χ2v) is 4.26. The molecule has 3 N–H and O–H groups in total. The number of likely N-dealkylation sites (tertiary alicyclic amines) is 1. The van der Waals surface area contributed by atoms with Crippen LogP contribution in [0.2, 0.25) is 0 Å². The van der Waals surface area contributed by atoms with E-state index < -0.39 is 5.97 Å². The minimum atomic E-state index is -0.793. The SMILES string of the molecule is NCCCCCC(=O)N1CCC(C(=O)O)C1. The van der Waals surface area contributed by atoms with Crippen LogP contribution in [0, 0.1) is 5.92 Å². The van der Waals surface area contributed by atoms with E-state index in [-0.39, 0.29) is 11.8 Å². The third-order valence-corrected chi connectivity index (χ3v) is 2.98. The number of amides is 1. The number of carboxylic acids is 1. The molecule has 1 saturated heterocycles. The van der Waals surface area contributed by atoms with Gasteiger partial charge in [-0.15, -0.1) is 0 Å². The van der Waals surface area contributed by atoms with Gasteiger partial charge >= 0.3 is 5.97 Å². The zero-order chi connectivity index (χ0) is 12.0. The molecule has 1 heterocycles. The molecule has 1 fully saturated rings. The van der Waals surface area contributed by atoms with Crippen LogP contribution in [0.3, 0.4) is 0 Å². The minimum Gasteiger partial charge on any atom is -0.481 e. The summed E-state index contributed by atoms with van der Waals surface area (Å²) in [7, 11) is 0. The van der Waals surface area contributed by atoms with Crippen molar-refractivity contribution in [2.45, 2.75) is 32.1 Å². The van der Waals surface area contributed by atoms with Gasteiger partial charge in [-0.3, -0.25) is 9.59 Å². The van der Waals surface area contributed by atoms with Crippen molar-refractivity contribution < 1.29 is 14.7 Å². The van der Waals surface area contributed by atoms with Crippen molar-refractivity contribution in [2.75, 3.05) is 19.6 Å². The van der Waals surface area contributed by atoms with Crippen molar-refractivity contribution in [2.24, 2.45) is 11.7 Å². The summed E-state index contributed by atoms with van der Waals surface area (Å²) in [5.41, 5.74) is 5.36. The van der Waals surface area contributed by atoms with E-state index in [1.54, 1.807) is 4.90 Å². The number of carboxylic acid groups (broad SMARTS) is 1. The maximum atomic E-state index is 11.7. The molecule has 1 aliphatic heterocycles. The second kappa shape index (κ2) is 6.48. The molecule has 1 atom stereocenters. The van der Waals surface area contributed by atoms with Crippen molar-refractivity contribution in [3.63, 3.8) is 0 Å². The molecule has 0 spiro atoms. The fraction of sp³-hybridized carbons (Fsp3) is 0.818. The Balaban J connectivity index is 2.20. The van der Waals surface area contributed by atoms with Gasteiger partial charge in [-0.05, 0) is 25.8 Å². The van der Waals surface area contributed by atoms with Crippen LogP contribution in [0.15, 0.2) is 0 Å². The molecule has 0 bridgehead atoms. The molecule has 1 unspecified atom stereocenters. The zero-order valence-corrected chi connectivity index (χ0v) is 9.52. The maximum absolute atomic E-state index is 11.7. The number of unbranched alkanes of at least 4 members (excludes halogenated alkanes) is 2. The summed E-state index contributed by atoms with van der Waals surface area (Å²) in [6, 6.07) is 0. The molecule has 1 rings (SSSR count). The summed E-state index contributed by atoms with van der Waals surface area (Å²) in [5, 5.41) is 8.81. The molecule has 1 amide bonds. The van der Waals surface area contributed by atoms with Gasteiger partial charge in [-0.25, -0.2) is 0 Å². The van der Waals surface area contributed by atoms with Crippen LogP contribution in [0.4, 0.5) is 0 Å². The molecule has 0 aliphatic carbocycles. The number of aliphatic carboxylic acids is 1. The molecule has 0 radical (unpaired) electrons. The van der Waals surface area contributed by atoms with Gasteiger partial charge in [-0.1, -0.05) is 6.42 Å². The first kappa shape index (κ1) is 13.0. The van der Waals surface area contributed by atoms with Crippen LogP contribution in [-0.2, 0) is 9.59 Å². The second-order valence-electron chi connectivity index (χ2n) is 4.26. The first-order valence-corrected chi connectivity index (χ1v) is 5.85. The minimum absolute atomic E-state index is 0.0840. The van der Waals surface area contributed by atoms with E-state index in [9.17, 15) is 9.59 Å². The van der Waals surface area contributed by atoms with Gasteiger partial charge in [0.1, 0.15) is 0 Å². The first-order chi connectivity index (χ1) is 7.65. The lowest BCUT2D eigenvalue weighted by Crippen LogP contribution is -2.29. The van der Waals surface area contributed by atoms with Crippen LogP contribution in [0.5, 0.6) is 0 Å². The summed E-state index contributed by atoms with van der Waals surface area (Å²) >= 11 is 0. The maximum Gasteiger partial charge on any atom is 0.308 e. The van der Waals surface area contributed by atoms with Crippen molar-refractivity contribution in [1.29, 1.82) is 0 Å². The Morgan fingerprint density at radius 2 is 2.06 bits per heavy atom. The van der Waals surface area contributed by atoms with Gasteiger partial charge in [0.2, 0.25) is 5.91 Å². The predicted octanol–water partition coefficient (Wildman–Crippen LogP) is 0.439. The average Bonchev–Trinajstić information content (AvgIpc) is 2.73. The monoisotopic (exact) mass is 228 g/mol. The standard InChI is InChI=1S/C11H20N2O3/c12-6-3-1-2-4-10(14)13-7-5-9(8-13)11(15)16/h9H,1-8,12H2,(H,15,16). The van der Waals surface area contributed by atoms with E-state index in [0.29, 0.717) is 32.5 Å². The first-order valence-electron chi connectivity index (χ1n) is 5.85. The molecule has 0 aromatic carbocycles. The van der Waals surface area contributed by atoms with Crippen molar-refractivity contribution in [1.82, 2.24) is 4.90 Å². The lowest BCUT2D eigenvalue weighted by Gasteiger charge is -2.15. The number of hydrogen-bond donors (Lipinski definition) is 2. The summed E-state index contributed by atoms with van der Waals surface area (Å²) < 4.78 is 0. The Morgan fingerprint density at radius 3 is 2.62 bits per heavy atom. The third-order valence-electron chi connectivity index (χ3n) is 2.98. The van der Waals surface area contributed by atoms with E-state index in [0.717, 1.165) is 19.3 Å². The Hall–Kier alpha value is -1.10. The normalized spacial score (nSPS) is 20.1. The quantitative estimate of drug-likeness (QED) is 0.646. The van der Waals surface area contributed by atoms with Gasteiger partial charge < -0.3 is 15.7 Å². The molecule has 0 aromatic rings. The number of hydrogen-bond acceptors (Lipinski definition) is 3. The molecule has 16 heavy (non-hydrogen) atoms. The van der Waals surface area contributed by atoms with Gasteiger partial charge in [-0.2, -0.15) is 0 Å². The molecule has 0 aromatic heterocycles. The van der Waals surface area contributed by atoms with E-state index >= 15 is 0 Å². The average molecular weight is 228 g/mol. The van der Waals surface area contributed by atoms with Crippen LogP contribution in [0.1, 0.15) is 32.1 Å². The highest BCUT2D eigenvalue weighted by atomic mass is 16.4. The largest absolute Gasteiger partial charge is 0.481 e. The number of carbonyl (C=O) groups is 2. The van der Waals surface area contributed by atoms with Crippen LogP contribution >= 0.6 is 0 Å². The highest BCUT2D eigenvalue weighted by Crippen LogP contribution is 2.17. The van der Waals surface area contributed by atoms with E-state index in [1.165, 1.54) is 0 Å². The fourth-order valence-corrected chi connectivity index (χ4v) is 1.94. The highest BCUT2D eigenvalue weighted by Gasteiger charge is 2.30. The Kier molecular flexibility index (Phi) is 5.25. The summed E-state index contributed by atoms with van der Waals surface area (Å²) in [5.74, 6) is -1.08. The van der Waals surface area contributed by atoms with Crippen LogP contribution in [0.25, 0.3) is 0 Å². The number of nitrogens with two attached hydrogens (primary N) is 1. The van der Waals surface area contributed by atoms with Crippen molar-refractivity contribution in [3.05, 3.63) is 0 Å². The summed E-state index contributed by atoms with van der Waals surface area (Å²) in [6.45, 7) is 1.64. The molecule has 5 nitrogen and oxygen atoms in total. The van der Waals surface area contributed by atoms with Gasteiger partial charge in [0.15, 0.2) is 0 Å². The Morgan fingerprint density at radius 1 is 1.31 bits per heavy atom. The van der Waals surface area contributed by atoms with E-state index in [4.69, 9.17) is 10.8 Å². The summed E-state index contributed by atoms with van der Waals surface area (Å²) in [4.78, 5) is 24.1.